The van der Waals surface area contributed by atoms with Gasteiger partial charge in [0.1, 0.15) is 5.41 Å². The smallest absolute Gasteiger partial charge is 0.317 e. The van der Waals surface area contributed by atoms with Crippen LogP contribution in [0, 0.1) is 6.92 Å². The molecule has 3 heterocycles. The van der Waals surface area contributed by atoms with Crippen LogP contribution >= 0.6 is 11.3 Å². The average Bonchev–Trinajstić information content (AvgIpc) is 3.44. The van der Waals surface area contributed by atoms with Crippen LogP contribution in [0.2, 0.25) is 0 Å². The molecule has 10 heteroatoms. The molecule has 0 aliphatic carbocycles. The van der Waals surface area contributed by atoms with Gasteiger partial charge in [0.05, 0.1) is 22.9 Å². The van der Waals surface area contributed by atoms with Crippen molar-refractivity contribution in [3.63, 3.8) is 0 Å². The van der Waals surface area contributed by atoms with E-state index in [0.717, 1.165) is 40.8 Å². The number of esters is 1. The highest BCUT2D eigenvalue weighted by Crippen LogP contribution is 2.34. The molecule has 3 rings (SSSR count). The number of aromatic nitrogens is 2. The molecule has 0 aromatic carbocycles. The maximum atomic E-state index is 12.1. The minimum atomic E-state index is -0.781. The topological polar surface area (TPSA) is 128 Å². The third kappa shape index (κ3) is 7.60. The Bertz CT molecular complexity index is 879. The number of primary amides is 1. The van der Waals surface area contributed by atoms with Crippen LogP contribution in [0.3, 0.4) is 0 Å². The van der Waals surface area contributed by atoms with E-state index < -0.39 is 5.41 Å². The van der Waals surface area contributed by atoms with Crippen molar-refractivity contribution < 1.29 is 19.1 Å². The molecule has 9 nitrogen and oxygen atoms in total. The fraction of sp³-hybridized carbons (Fsp3) is 0.500. The minimum Gasteiger partial charge on any atom is -0.465 e. The minimum absolute atomic E-state index is 0.250. The Labute approximate surface area is 193 Å². The van der Waals surface area contributed by atoms with Crippen LogP contribution in [0.5, 0.6) is 0 Å². The molecule has 0 spiro atoms. The number of ether oxygens (including phenoxy) is 1. The predicted molar refractivity (Wildman–Crippen MR) is 126 cm³/mol. The van der Waals surface area contributed by atoms with Gasteiger partial charge in [0.25, 0.3) is 0 Å². The molecular weight excluding hydrogens is 430 g/mol. The van der Waals surface area contributed by atoms with Gasteiger partial charge in [0.15, 0.2) is 5.13 Å². The van der Waals surface area contributed by atoms with Crippen molar-refractivity contribution in [2.75, 3.05) is 32.1 Å². The number of amides is 2. The first kappa shape index (κ1) is 27.0. The zero-order valence-corrected chi connectivity index (χ0v) is 20.2. The summed E-state index contributed by atoms with van der Waals surface area (Å²) in [6.45, 7) is 9.75. The summed E-state index contributed by atoms with van der Waals surface area (Å²) in [5.74, 6) is -0.267. The predicted octanol–water partition coefficient (Wildman–Crippen LogP) is 2.74. The summed E-state index contributed by atoms with van der Waals surface area (Å²) in [5, 5.41) is 3.93. The Hall–Kier alpha value is -3.01. The van der Waals surface area contributed by atoms with Gasteiger partial charge < -0.3 is 20.7 Å². The standard InChI is InChI=1S/C16H21N3O2S.C5H9NO.CH3NO/c1-6-21-14(20)16(3,4)12-9-11(7-8-18-12)13-10(2)19-15(17-5)22-13;7-5-6-3-1-2-4-6;2-1-3/h7-9H,6H2,1-5H3,(H,17,19);5H,1-4H2;1H,(H2,2,3). The SMILES string of the molecule is CCOC(=O)C(C)(C)c1cc(-c2sc(NC)nc2C)ccn1.NC=O.O=CN1CCCC1. The van der Waals surface area contributed by atoms with E-state index in [9.17, 15) is 9.59 Å². The van der Waals surface area contributed by atoms with Crippen molar-refractivity contribution in [1.82, 2.24) is 14.9 Å². The van der Waals surface area contributed by atoms with Crippen LogP contribution in [-0.2, 0) is 24.5 Å². The lowest BCUT2D eigenvalue weighted by Crippen LogP contribution is -2.32. The van der Waals surface area contributed by atoms with Crippen molar-refractivity contribution in [3.05, 3.63) is 29.7 Å². The molecule has 0 radical (unpaired) electrons. The van der Waals surface area contributed by atoms with E-state index in [-0.39, 0.29) is 12.4 Å². The fourth-order valence-corrected chi connectivity index (χ4v) is 3.86. The number of nitrogens with two attached hydrogens (primary N) is 1. The second-order valence-corrected chi connectivity index (χ2v) is 8.44. The molecule has 0 saturated carbocycles. The highest BCUT2D eigenvalue weighted by molar-refractivity contribution is 7.19. The Kier molecular flexibility index (Phi) is 11.3. The van der Waals surface area contributed by atoms with Crippen LogP contribution in [0.25, 0.3) is 10.4 Å². The van der Waals surface area contributed by atoms with Crippen molar-refractivity contribution in [1.29, 1.82) is 0 Å². The number of pyridine rings is 1. The van der Waals surface area contributed by atoms with Gasteiger partial charge >= 0.3 is 5.97 Å². The largest absolute Gasteiger partial charge is 0.465 e. The summed E-state index contributed by atoms with van der Waals surface area (Å²) in [6.07, 6.45) is 5.29. The molecule has 2 aromatic rings. The lowest BCUT2D eigenvalue weighted by atomic mass is 9.88. The fourth-order valence-electron chi connectivity index (χ4n) is 2.95. The Morgan fingerprint density at radius 1 is 1.34 bits per heavy atom. The van der Waals surface area contributed by atoms with Crippen LogP contribution in [-0.4, -0.2) is 60.4 Å². The van der Waals surface area contributed by atoms with Gasteiger partial charge in [0, 0.05) is 26.3 Å². The van der Waals surface area contributed by atoms with Crippen molar-refractivity contribution in [2.45, 2.75) is 46.0 Å². The third-order valence-corrected chi connectivity index (χ3v) is 5.97. The van der Waals surface area contributed by atoms with Gasteiger partial charge in [-0.25, -0.2) is 4.98 Å². The molecule has 0 bridgehead atoms. The number of nitrogens with zero attached hydrogens (tertiary/aromatic N) is 3. The lowest BCUT2D eigenvalue weighted by Gasteiger charge is -2.22. The maximum Gasteiger partial charge on any atom is 0.317 e. The van der Waals surface area contributed by atoms with Crippen LogP contribution in [0.1, 0.15) is 45.0 Å². The zero-order chi connectivity index (χ0) is 24.1. The molecule has 1 aliphatic rings. The molecule has 1 aliphatic heterocycles. The number of anilines is 1. The third-order valence-electron chi connectivity index (χ3n) is 4.75. The van der Waals surface area contributed by atoms with Gasteiger partial charge in [-0.1, -0.05) is 11.3 Å². The monoisotopic (exact) mass is 463 g/mol. The highest BCUT2D eigenvalue weighted by Gasteiger charge is 2.33. The van der Waals surface area contributed by atoms with Gasteiger partial charge in [-0.2, -0.15) is 0 Å². The summed E-state index contributed by atoms with van der Waals surface area (Å²) in [6, 6.07) is 3.88. The molecule has 2 aromatic heterocycles. The lowest BCUT2D eigenvalue weighted by molar-refractivity contribution is -0.149. The zero-order valence-electron chi connectivity index (χ0n) is 19.4. The van der Waals surface area contributed by atoms with Gasteiger partial charge in [-0.3, -0.25) is 19.4 Å². The summed E-state index contributed by atoms with van der Waals surface area (Å²) >= 11 is 1.58. The van der Waals surface area contributed by atoms with E-state index >= 15 is 0 Å². The molecule has 32 heavy (non-hydrogen) atoms. The number of hydrogen-bond donors (Lipinski definition) is 2. The summed E-state index contributed by atoms with van der Waals surface area (Å²) in [5.41, 5.74) is 6.05. The number of rotatable bonds is 6. The van der Waals surface area contributed by atoms with E-state index in [1.54, 1.807) is 29.4 Å². The normalized spacial score (nSPS) is 12.6. The van der Waals surface area contributed by atoms with Crippen LogP contribution < -0.4 is 11.1 Å². The second-order valence-electron chi connectivity index (χ2n) is 7.44. The van der Waals surface area contributed by atoms with Crippen molar-refractivity contribution in [3.8, 4) is 10.4 Å². The van der Waals surface area contributed by atoms with Gasteiger partial charge in [0.2, 0.25) is 12.8 Å². The second kappa shape index (κ2) is 13.4. The van der Waals surface area contributed by atoms with E-state index in [2.05, 4.69) is 21.0 Å². The molecular formula is C22H33N5O4S. The molecule has 2 amide bonds. The number of nitrogens with one attached hydrogen (secondary N) is 1. The first-order chi connectivity index (χ1) is 15.2. The number of carbonyl (C=O) groups is 3. The highest BCUT2D eigenvalue weighted by atomic mass is 32.1. The van der Waals surface area contributed by atoms with E-state index in [0.29, 0.717) is 12.3 Å². The molecule has 3 N–H and O–H groups in total. The van der Waals surface area contributed by atoms with E-state index in [1.165, 1.54) is 12.8 Å². The average molecular weight is 464 g/mol. The quantitative estimate of drug-likeness (QED) is 0.498. The number of thiazole rings is 1. The first-order valence-corrected chi connectivity index (χ1v) is 11.2. The molecule has 0 atom stereocenters. The van der Waals surface area contributed by atoms with Gasteiger partial charge in [-0.05, 0) is 58.2 Å². The Balaban J connectivity index is 0.000000424. The molecule has 1 fully saturated rings. The van der Waals surface area contributed by atoms with Gasteiger partial charge in [-0.15, -0.1) is 0 Å². The number of hydrogen-bond acceptors (Lipinski definition) is 8. The number of aryl methyl sites for hydroxylation is 1. The summed E-state index contributed by atoms with van der Waals surface area (Å²) < 4.78 is 5.15. The Morgan fingerprint density at radius 2 is 1.97 bits per heavy atom. The van der Waals surface area contributed by atoms with E-state index in [4.69, 9.17) is 9.53 Å². The molecule has 176 valence electrons. The summed E-state index contributed by atoms with van der Waals surface area (Å²) in [7, 11) is 1.85. The Morgan fingerprint density at radius 3 is 2.44 bits per heavy atom. The van der Waals surface area contributed by atoms with Crippen LogP contribution in [0.4, 0.5) is 5.13 Å². The number of carbonyl (C=O) groups excluding carboxylic acids is 3. The number of likely N-dealkylation sites (tertiary alicyclic amines) is 1. The van der Waals surface area contributed by atoms with Crippen molar-refractivity contribution >= 4 is 35.3 Å². The first-order valence-electron chi connectivity index (χ1n) is 10.4. The van der Waals surface area contributed by atoms with Crippen LogP contribution in [0.15, 0.2) is 18.3 Å². The molecule has 0 unspecified atom stereocenters. The maximum absolute atomic E-state index is 12.1. The van der Waals surface area contributed by atoms with Crippen molar-refractivity contribution in [2.24, 2.45) is 5.73 Å². The van der Waals surface area contributed by atoms with E-state index in [1.807, 2.05) is 40.0 Å². The summed E-state index contributed by atoms with van der Waals surface area (Å²) in [4.78, 5) is 42.4. The molecule has 1 saturated heterocycles.